The first kappa shape index (κ1) is 11.2. The van der Waals surface area contributed by atoms with E-state index in [4.69, 9.17) is 9.47 Å². The molecule has 0 saturated carbocycles. The van der Waals surface area contributed by atoms with Crippen molar-refractivity contribution in [3.63, 3.8) is 0 Å². The van der Waals surface area contributed by atoms with E-state index in [2.05, 4.69) is 22.9 Å². The molecule has 2 heterocycles. The summed E-state index contributed by atoms with van der Waals surface area (Å²) >= 11 is 4.09. The van der Waals surface area contributed by atoms with E-state index in [-0.39, 0.29) is 5.91 Å². The van der Waals surface area contributed by atoms with Crippen LogP contribution in [0.25, 0.3) is 6.08 Å². The molecule has 0 aliphatic carbocycles. The van der Waals surface area contributed by atoms with Crippen LogP contribution in [0, 0.1) is 0 Å². The lowest BCUT2D eigenvalue weighted by atomic mass is 10.1. The number of amides is 1. The van der Waals surface area contributed by atoms with E-state index in [1.54, 1.807) is 19.3 Å². The van der Waals surface area contributed by atoms with Gasteiger partial charge in [-0.2, -0.15) is 0 Å². The van der Waals surface area contributed by atoms with E-state index >= 15 is 0 Å². The number of hydrogen-bond acceptors (Lipinski definition) is 5. The van der Waals surface area contributed by atoms with E-state index in [0.717, 1.165) is 5.56 Å². The van der Waals surface area contributed by atoms with Gasteiger partial charge in [-0.25, -0.2) is 4.99 Å². The van der Waals surface area contributed by atoms with Crippen LogP contribution in [-0.2, 0) is 4.79 Å². The molecular formula is C12H10N2O3S. The van der Waals surface area contributed by atoms with Crippen molar-refractivity contribution in [2.24, 2.45) is 4.99 Å². The van der Waals surface area contributed by atoms with Gasteiger partial charge in [0.2, 0.25) is 5.90 Å². The summed E-state index contributed by atoms with van der Waals surface area (Å²) in [6.45, 7) is 0. The molecule has 0 spiro atoms. The zero-order valence-electron chi connectivity index (χ0n) is 9.51. The summed E-state index contributed by atoms with van der Waals surface area (Å²) in [6, 6.07) is 5.40. The Labute approximate surface area is 109 Å². The summed E-state index contributed by atoms with van der Waals surface area (Å²) in [4.78, 5) is 15.9. The van der Waals surface area contributed by atoms with Crippen molar-refractivity contribution >= 4 is 30.5 Å². The highest BCUT2D eigenvalue weighted by molar-refractivity contribution is 7.80. The topological polar surface area (TPSA) is 59.9 Å². The van der Waals surface area contributed by atoms with Gasteiger partial charge in [-0.3, -0.25) is 4.79 Å². The van der Waals surface area contributed by atoms with E-state index in [0.29, 0.717) is 23.0 Å². The Bertz CT molecular complexity index is 595. The zero-order valence-corrected chi connectivity index (χ0v) is 10.4. The van der Waals surface area contributed by atoms with Crippen LogP contribution in [0.5, 0.6) is 11.5 Å². The molecule has 92 valence electrons. The number of fused-ring (bicyclic) bond motifs is 2. The Morgan fingerprint density at radius 1 is 1.50 bits per heavy atom. The maximum Gasteiger partial charge on any atom is 0.259 e. The lowest BCUT2D eigenvalue weighted by molar-refractivity contribution is -0.117. The zero-order chi connectivity index (χ0) is 12.7. The molecule has 0 fully saturated rings. The van der Waals surface area contributed by atoms with Gasteiger partial charge in [-0.15, -0.1) is 12.6 Å². The average molecular weight is 262 g/mol. The summed E-state index contributed by atoms with van der Waals surface area (Å²) in [5.74, 6) is 1.36. The van der Waals surface area contributed by atoms with Gasteiger partial charge in [-0.1, -0.05) is 0 Å². The smallest absolute Gasteiger partial charge is 0.259 e. The van der Waals surface area contributed by atoms with Crippen molar-refractivity contribution in [2.75, 3.05) is 7.11 Å². The van der Waals surface area contributed by atoms with Gasteiger partial charge in [-0.05, 0) is 18.2 Å². The van der Waals surface area contributed by atoms with Crippen molar-refractivity contribution in [1.82, 2.24) is 5.32 Å². The SMILES string of the molecule is COc1ccc2c(c1)OC1=NC(S)NC(=O)C1=C2. The van der Waals surface area contributed by atoms with Gasteiger partial charge in [0, 0.05) is 11.6 Å². The second-order valence-electron chi connectivity index (χ2n) is 3.85. The van der Waals surface area contributed by atoms with Crippen LogP contribution in [0.3, 0.4) is 0 Å². The standard InChI is InChI=1S/C12H10N2O3S/c1-16-7-3-2-6-4-8-10(15)13-12(18)14-11(8)17-9(6)5-7/h2-5,12,18H,1H3,(H,13,15). The fourth-order valence-corrected chi connectivity index (χ4v) is 2.04. The van der Waals surface area contributed by atoms with E-state index in [1.165, 1.54) is 0 Å². The van der Waals surface area contributed by atoms with Gasteiger partial charge < -0.3 is 14.8 Å². The minimum atomic E-state index is -0.572. The fourth-order valence-electron chi connectivity index (χ4n) is 1.82. The molecule has 0 aromatic heterocycles. The van der Waals surface area contributed by atoms with Crippen molar-refractivity contribution < 1.29 is 14.3 Å². The number of carbonyl (C=O) groups is 1. The summed E-state index contributed by atoms with van der Waals surface area (Å²) in [6.07, 6.45) is 1.74. The lowest BCUT2D eigenvalue weighted by Gasteiger charge is -2.24. The van der Waals surface area contributed by atoms with Crippen LogP contribution >= 0.6 is 12.6 Å². The highest BCUT2D eigenvalue weighted by Gasteiger charge is 2.29. The average Bonchev–Trinajstić information content (AvgIpc) is 2.36. The van der Waals surface area contributed by atoms with Crippen LogP contribution in [0.1, 0.15) is 5.56 Å². The van der Waals surface area contributed by atoms with Crippen LogP contribution in [-0.4, -0.2) is 24.4 Å². The first-order valence-corrected chi connectivity index (χ1v) is 5.84. The number of ether oxygens (including phenoxy) is 2. The molecule has 0 radical (unpaired) electrons. The monoisotopic (exact) mass is 262 g/mol. The van der Waals surface area contributed by atoms with E-state index < -0.39 is 5.50 Å². The highest BCUT2D eigenvalue weighted by atomic mass is 32.1. The van der Waals surface area contributed by atoms with E-state index in [9.17, 15) is 4.79 Å². The van der Waals surface area contributed by atoms with Crippen molar-refractivity contribution in [2.45, 2.75) is 5.50 Å². The minimum Gasteiger partial charge on any atom is -0.497 e. The minimum absolute atomic E-state index is 0.235. The maximum absolute atomic E-state index is 11.8. The summed E-state index contributed by atoms with van der Waals surface area (Å²) in [5, 5.41) is 2.60. The number of nitrogens with zero attached hydrogens (tertiary/aromatic N) is 1. The Balaban J connectivity index is 2.10. The van der Waals surface area contributed by atoms with Gasteiger partial charge in [0.15, 0.2) is 5.50 Å². The van der Waals surface area contributed by atoms with Gasteiger partial charge in [0.1, 0.15) is 17.1 Å². The first-order chi connectivity index (χ1) is 8.67. The number of nitrogens with one attached hydrogen (secondary N) is 1. The van der Waals surface area contributed by atoms with Crippen LogP contribution < -0.4 is 14.8 Å². The summed E-state index contributed by atoms with van der Waals surface area (Å²) in [7, 11) is 1.58. The third-order valence-corrected chi connectivity index (χ3v) is 2.95. The molecule has 1 unspecified atom stereocenters. The third-order valence-electron chi connectivity index (χ3n) is 2.70. The number of aliphatic imine (C=N–C) groups is 1. The number of methoxy groups -OCH3 is 1. The van der Waals surface area contributed by atoms with Crippen LogP contribution in [0.2, 0.25) is 0 Å². The molecule has 1 amide bonds. The molecule has 1 atom stereocenters. The molecule has 2 aliphatic rings. The Morgan fingerprint density at radius 2 is 2.33 bits per heavy atom. The Morgan fingerprint density at radius 3 is 3.11 bits per heavy atom. The quantitative estimate of drug-likeness (QED) is 0.748. The second kappa shape index (κ2) is 4.06. The molecule has 6 heteroatoms. The molecule has 1 aromatic rings. The molecule has 3 rings (SSSR count). The molecule has 2 aliphatic heterocycles. The summed E-state index contributed by atoms with van der Waals surface area (Å²) < 4.78 is 10.7. The van der Waals surface area contributed by atoms with Gasteiger partial charge >= 0.3 is 0 Å². The first-order valence-electron chi connectivity index (χ1n) is 5.32. The van der Waals surface area contributed by atoms with Gasteiger partial charge in [0.25, 0.3) is 5.91 Å². The predicted octanol–water partition coefficient (Wildman–Crippen LogP) is 1.21. The Kier molecular flexibility index (Phi) is 2.52. The van der Waals surface area contributed by atoms with Gasteiger partial charge in [0.05, 0.1) is 7.11 Å². The third kappa shape index (κ3) is 1.74. The maximum atomic E-state index is 11.8. The van der Waals surface area contributed by atoms with Crippen molar-refractivity contribution in [3.8, 4) is 11.5 Å². The molecule has 18 heavy (non-hydrogen) atoms. The lowest BCUT2D eigenvalue weighted by Crippen LogP contribution is -2.41. The molecule has 1 N–H and O–H groups in total. The predicted molar refractivity (Wildman–Crippen MR) is 70.0 cm³/mol. The van der Waals surface area contributed by atoms with Crippen LogP contribution in [0.15, 0.2) is 28.8 Å². The highest BCUT2D eigenvalue weighted by Crippen LogP contribution is 2.32. The number of benzene rings is 1. The molecular weight excluding hydrogens is 252 g/mol. The number of rotatable bonds is 1. The number of thiol groups is 1. The number of hydrogen-bond donors (Lipinski definition) is 2. The fraction of sp³-hybridized carbons (Fsp3) is 0.167. The second-order valence-corrected chi connectivity index (χ2v) is 4.33. The normalized spacial score (nSPS) is 20.8. The molecule has 0 bridgehead atoms. The van der Waals surface area contributed by atoms with Crippen molar-refractivity contribution in [1.29, 1.82) is 0 Å². The summed E-state index contributed by atoms with van der Waals surface area (Å²) in [5.41, 5.74) is 0.660. The molecule has 1 aromatic carbocycles. The number of carbonyl (C=O) groups excluding carboxylic acids is 1. The van der Waals surface area contributed by atoms with E-state index in [1.807, 2.05) is 12.1 Å². The van der Waals surface area contributed by atoms with Crippen molar-refractivity contribution in [3.05, 3.63) is 29.3 Å². The Hall–Kier alpha value is -1.95. The largest absolute Gasteiger partial charge is 0.497 e. The van der Waals surface area contributed by atoms with Crippen LogP contribution in [0.4, 0.5) is 0 Å². The molecule has 5 nitrogen and oxygen atoms in total. The molecule has 0 saturated heterocycles.